The lowest BCUT2D eigenvalue weighted by Gasteiger charge is -2.33. The highest BCUT2D eigenvalue weighted by atomic mass is 15.4. The quantitative estimate of drug-likeness (QED) is 0.0690. The van der Waals surface area contributed by atoms with Crippen LogP contribution < -0.4 is 0 Å². The highest BCUT2D eigenvalue weighted by Crippen LogP contribution is 2.24. The molecule has 1 atom stereocenters. The number of rotatable bonds is 34. The van der Waals surface area contributed by atoms with Gasteiger partial charge in [-0.15, -0.1) is 0 Å². The molecule has 1 aliphatic rings. The lowest BCUT2D eigenvalue weighted by atomic mass is 10.0. The Labute approximate surface area is 267 Å². The van der Waals surface area contributed by atoms with Gasteiger partial charge in [0.15, 0.2) is 0 Å². The molecule has 2 nitrogen and oxygen atoms in total. The maximum atomic E-state index is 2.72. The minimum absolute atomic E-state index is 0.640. The van der Waals surface area contributed by atoms with Crippen LogP contribution >= 0.6 is 0 Å². The second kappa shape index (κ2) is 31.8. The Hall–Kier alpha value is -0.660. The Morgan fingerprint density at radius 1 is 0.310 bits per heavy atom. The second-order valence-corrected chi connectivity index (χ2v) is 13.9. The van der Waals surface area contributed by atoms with Gasteiger partial charge in [0, 0.05) is 25.5 Å². The fourth-order valence-corrected chi connectivity index (χ4v) is 6.89. The zero-order valence-electron chi connectivity index (χ0n) is 29.7. The molecule has 0 aromatic carbocycles. The van der Waals surface area contributed by atoms with Crippen LogP contribution in [0.3, 0.4) is 0 Å². The summed E-state index contributed by atoms with van der Waals surface area (Å²) >= 11 is 0. The van der Waals surface area contributed by atoms with Crippen molar-refractivity contribution in [3.05, 3.63) is 12.4 Å². The molecule has 1 unspecified atom stereocenters. The minimum Gasteiger partial charge on any atom is -0.356 e. The molecule has 0 spiro atoms. The van der Waals surface area contributed by atoms with Gasteiger partial charge in [0.25, 0.3) is 0 Å². The topological polar surface area (TPSA) is 6.48 Å². The number of nitrogens with zero attached hydrogens (tertiary/aromatic N) is 2. The summed E-state index contributed by atoms with van der Waals surface area (Å²) in [5.74, 6) is 0. The maximum Gasteiger partial charge on any atom is 0.101 e. The molecule has 0 radical (unpaired) electrons. The van der Waals surface area contributed by atoms with Gasteiger partial charge in [-0.1, -0.05) is 201 Å². The molecule has 0 fully saturated rings. The molecule has 0 aliphatic carbocycles. The molecule has 0 bridgehead atoms. The van der Waals surface area contributed by atoms with Crippen molar-refractivity contribution >= 4 is 0 Å². The van der Waals surface area contributed by atoms with Gasteiger partial charge in [0.2, 0.25) is 0 Å². The predicted molar refractivity (Wildman–Crippen MR) is 191 cm³/mol. The molecule has 42 heavy (non-hydrogen) atoms. The third kappa shape index (κ3) is 23.8. The molecule has 0 saturated heterocycles. The van der Waals surface area contributed by atoms with Crippen LogP contribution in [0.25, 0.3) is 0 Å². The van der Waals surface area contributed by atoms with Crippen molar-refractivity contribution in [3.8, 4) is 0 Å². The first-order valence-corrected chi connectivity index (χ1v) is 20.0. The molecule has 0 aromatic rings. The van der Waals surface area contributed by atoms with E-state index in [1.54, 1.807) is 0 Å². The van der Waals surface area contributed by atoms with E-state index in [2.05, 4.69) is 43.0 Å². The molecular weight excluding hydrogens is 508 g/mol. The Morgan fingerprint density at radius 2 is 0.548 bits per heavy atom. The summed E-state index contributed by atoms with van der Waals surface area (Å²) in [5.41, 5.74) is 0. The number of unbranched alkanes of at least 4 members (excludes halogenated alkanes) is 28. The number of hydrogen-bond donors (Lipinski definition) is 0. The molecule has 1 aliphatic heterocycles. The van der Waals surface area contributed by atoms with Crippen LogP contribution in [0.15, 0.2) is 12.4 Å². The summed E-state index contributed by atoms with van der Waals surface area (Å²) in [6, 6.07) is 0. The minimum atomic E-state index is 0.640. The standard InChI is InChI=1S/C40H80N2/c1-4-7-10-13-16-19-21-22-23-25-28-31-34-37-42-39-38-41(36-33-30-27-18-15-12-9-6-3)40(42)35-32-29-26-24-20-17-14-11-8-5-2/h38-40H,4-37H2,1-3H3. The molecule has 0 N–H and O–H groups in total. The van der Waals surface area contributed by atoms with Crippen LogP contribution in [0.4, 0.5) is 0 Å². The van der Waals surface area contributed by atoms with E-state index in [0.717, 1.165) is 0 Å². The van der Waals surface area contributed by atoms with Crippen LogP contribution in [-0.4, -0.2) is 29.1 Å². The van der Waals surface area contributed by atoms with E-state index in [0.29, 0.717) is 6.17 Å². The molecule has 0 aromatic heterocycles. The smallest absolute Gasteiger partial charge is 0.101 e. The zero-order valence-corrected chi connectivity index (χ0v) is 29.7. The van der Waals surface area contributed by atoms with E-state index in [1.807, 2.05) is 0 Å². The molecule has 0 saturated carbocycles. The Bertz CT molecular complexity index is 544. The van der Waals surface area contributed by atoms with Crippen molar-refractivity contribution in [2.24, 2.45) is 0 Å². The van der Waals surface area contributed by atoms with Crippen molar-refractivity contribution in [1.29, 1.82) is 0 Å². The van der Waals surface area contributed by atoms with E-state index in [9.17, 15) is 0 Å². The third-order valence-corrected chi connectivity index (χ3v) is 9.82. The largest absolute Gasteiger partial charge is 0.356 e. The van der Waals surface area contributed by atoms with Gasteiger partial charge in [0.05, 0.1) is 0 Å². The summed E-state index contributed by atoms with van der Waals surface area (Å²) in [5, 5.41) is 0. The summed E-state index contributed by atoms with van der Waals surface area (Å²) in [4.78, 5) is 5.43. The fourth-order valence-electron chi connectivity index (χ4n) is 6.89. The Kier molecular flexibility index (Phi) is 29.8. The van der Waals surface area contributed by atoms with Crippen molar-refractivity contribution in [2.45, 2.75) is 232 Å². The van der Waals surface area contributed by atoms with E-state index >= 15 is 0 Å². The van der Waals surface area contributed by atoms with Crippen LogP contribution in [0, 0.1) is 0 Å². The zero-order chi connectivity index (χ0) is 30.2. The van der Waals surface area contributed by atoms with Gasteiger partial charge in [-0.3, -0.25) is 0 Å². The van der Waals surface area contributed by atoms with Crippen molar-refractivity contribution in [3.63, 3.8) is 0 Å². The Morgan fingerprint density at radius 3 is 0.833 bits per heavy atom. The first-order valence-electron chi connectivity index (χ1n) is 20.0. The van der Waals surface area contributed by atoms with E-state index < -0.39 is 0 Å². The molecule has 1 heterocycles. The second-order valence-electron chi connectivity index (χ2n) is 13.9. The SMILES string of the molecule is CCCCCCCCCCCCCCCN1C=CN(CCCCCCCCCC)C1CCCCCCCCCCCC. The molecule has 0 amide bonds. The van der Waals surface area contributed by atoms with Gasteiger partial charge >= 0.3 is 0 Å². The molecule has 1 rings (SSSR count). The van der Waals surface area contributed by atoms with Crippen LogP contribution in [0.1, 0.15) is 226 Å². The van der Waals surface area contributed by atoms with Gasteiger partial charge < -0.3 is 9.80 Å². The van der Waals surface area contributed by atoms with Crippen LogP contribution in [0.5, 0.6) is 0 Å². The highest BCUT2D eigenvalue weighted by Gasteiger charge is 2.24. The number of hydrogen-bond acceptors (Lipinski definition) is 2. The first-order chi connectivity index (χ1) is 20.8. The maximum absolute atomic E-state index is 2.72. The van der Waals surface area contributed by atoms with E-state index in [4.69, 9.17) is 0 Å². The van der Waals surface area contributed by atoms with Gasteiger partial charge in [-0.05, 0) is 25.7 Å². The van der Waals surface area contributed by atoms with Crippen molar-refractivity contribution < 1.29 is 0 Å². The molecular formula is C40H80N2. The van der Waals surface area contributed by atoms with Crippen molar-refractivity contribution in [1.82, 2.24) is 9.80 Å². The summed E-state index contributed by atoms with van der Waals surface area (Å²) in [6.07, 6.45) is 51.4. The average molecular weight is 589 g/mol. The van der Waals surface area contributed by atoms with Gasteiger partial charge in [0.1, 0.15) is 6.17 Å². The summed E-state index contributed by atoms with van der Waals surface area (Å²) < 4.78 is 0. The van der Waals surface area contributed by atoms with Crippen molar-refractivity contribution in [2.75, 3.05) is 13.1 Å². The first kappa shape index (κ1) is 39.4. The lowest BCUT2D eigenvalue weighted by molar-refractivity contribution is 0.135. The van der Waals surface area contributed by atoms with E-state index in [-0.39, 0.29) is 0 Å². The molecule has 2 heteroatoms. The lowest BCUT2D eigenvalue weighted by Crippen LogP contribution is -2.39. The monoisotopic (exact) mass is 589 g/mol. The van der Waals surface area contributed by atoms with Gasteiger partial charge in [-0.25, -0.2) is 0 Å². The van der Waals surface area contributed by atoms with Crippen LogP contribution in [0.2, 0.25) is 0 Å². The normalized spacial score (nSPS) is 15.0. The Balaban J connectivity index is 2.21. The summed E-state index contributed by atoms with van der Waals surface area (Å²) in [6.45, 7) is 9.48. The average Bonchev–Trinajstić information content (AvgIpc) is 3.38. The van der Waals surface area contributed by atoms with E-state index in [1.165, 1.54) is 219 Å². The fraction of sp³-hybridized carbons (Fsp3) is 0.950. The highest BCUT2D eigenvalue weighted by molar-refractivity contribution is 4.97. The predicted octanol–water partition coefficient (Wildman–Crippen LogP) is 13.9. The molecule has 250 valence electrons. The van der Waals surface area contributed by atoms with Gasteiger partial charge in [-0.2, -0.15) is 0 Å². The third-order valence-electron chi connectivity index (χ3n) is 9.82. The van der Waals surface area contributed by atoms with Crippen LogP contribution in [-0.2, 0) is 0 Å². The summed E-state index contributed by atoms with van der Waals surface area (Å²) in [7, 11) is 0.